The monoisotopic (exact) mass is 1150 g/mol. The van der Waals surface area contributed by atoms with Gasteiger partial charge in [-0.2, -0.15) is 0 Å². The Labute approximate surface area is 513 Å². The van der Waals surface area contributed by atoms with Crippen molar-refractivity contribution in [3.05, 3.63) is 24.3 Å². The van der Waals surface area contributed by atoms with Crippen LogP contribution in [0.5, 0.6) is 0 Å². The summed E-state index contributed by atoms with van der Waals surface area (Å²) < 4.78 is 5.48. The van der Waals surface area contributed by atoms with Crippen LogP contribution in [0, 0.1) is 0 Å². The van der Waals surface area contributed by atoms with Gasteiger partial charge in [0, 0.05) is 12.8 Å². The first-order valence-electron chi connectivity index (χ1n) is 37.6. The van der Waals surface area contributed by atoms with E-state index in [1.807, 2.05) is 0 Å². The molecule has 0 aliphatic heterocycles. The highest BCUT2D eigenvalue weighted by Crippen LogP contribution is 2.19. The summed E-state index contributed by atoms with van der Waals surface area (Å²) in [5.41, 5.74) is 0. The molecule has 2 unspecified atom stereocenters. The molecule has 6 nitrogen and oxygen atoms in total. The van der Waals surface area contributed by atoms with Crippen molar-refractivity contribution in [2.45, 2.75) is 437 Å². The molecular formula is C76H147NO5. The van der Waals surface area contributed by atoms with Gasteiger partial charge in [-0.3, -0.25) is 9.59 Å². The molecule has 0 heterocycles. The fraction of sp³-hybridized carbons (Fsp3) is 0.921. The molecule has 3 N–H and O–H groups in total. The van der Waals surface area contributed by atoms with Crippen LogP contribution in [0.1, 0.15) is 425 Å². The molecule has 1 amide bonds. The zero-order valence-corrected chi connectivity index (χ0v) is 55.8. The van der Waals surface area contributed by atoms with E-state index in [0.29, 0.717) is 25.9 Å². The second-order valence-electron chi connectivity index (χ2n) is 26.0. The Kier molecular flexibility index (Phi) is 70.4. The van der Waals surface area contributed by atoms with E-state index in [2.05, 4.69) is 43.5 Å². The Hall–Kier alpha value is -1.66. The Balaban J connectivity index is 3.36. The number of hydrogen-bond donors (Lipinski definition) is 3. The summed E-state index contributed by atoms with van der Waals surface area (Å²) in [6, 6.07) is -0.540. The van der Waals surface area contributed by atoms with Crippen LogP contribution < -0.4 is 5.32 Å². The van der Waals surface area contributed by atoms with Gasteiger partial charge in [0.15, 0.2) is 0 Å². The summed E-state index contributed by atoms with van der Waals surface area (Å²) in [4.78, 5) is 24.6. The molecule has 82 heavy (non-hydrogen) atoms. The summed E-state index contributed by atoms with van der Waals surface area (Å²) in [5.74, 6) is -0.0101. The Morgan fingerprint density at radius 2 is 0.610 bits per heavy atom. The number of aliphatic hydroxyl groups is 2. The number of aliphatic hydroxyl groups excluding tert-OH is 2. The highest BCUT2D eigenvalue weighted by molar-refractivity contribution is 5.76. The standard InChI is InChI=1S/C76H147NO5/c1-3-5-7-9-11-13-15-17-18-19-39-42-45-48-52-56-60-64-68-74(79)73(72-78)77-75(80)69-65-61-57-53-49-46-43-40-37-35-33-31-29-27-25-23-21-20-22-24-26-28-30-32-34-36-38-41-44-47-51-55-59-63-67-71-82-76(81)70-66-62-58-54-50-16-14-12-10-8-6-4-2/h22,24,28,30,73-74,78-79H,3-21,23,25-27,29,31-72H2,1-2H3,(H,77,80)/b24-22-,30-28-. The highest BCUT2D eigenvalue weighted by Gasteiger charge is 2.20. The average Bonchev–Trinajstić information content (AvgIpc) is 3.48. The maximum atomic E-state index is 12.5. The third kappa shape index (κ3) is 67.5. The zero-order valence-electron chi connectivity index (χ0n) is 55.8. The number of unbranched alkanes of at least 4 members (excludes halogenated alkanes) is 56. The first kappa shape index (κ1) is 80.3. The molecule has 0 aliphatic rings. The van der Waals surface area contributed by atoms with Crippen LogP contribution >= 0.6 is 0 Å². The van der Waals surface area contributed by atoms with Gasteiger partial charge in [-0.05, 0) is 57.8 Å². The molecular weight excluding hydrogens is 1010 g/mol. The summed E-state index contributed by atoms with van der Waals surface area (Å²) >= 11 is 0. The maximum Gasteiger partial charge on any atom is 0.305 e. The van der Waals surface area contributed by atoms with Gasteiger partial charge >= 0.3 is 5.97 Å². The number of carbonyl (C=O) groups is 2. The lowest BCUT2D eigenvalue weighted by molar-refractivity contribution is -0.143. The molecule has 6 heteroatoms. The lowest BCUT2D eigenvalue weighted by atomic mass is 10.0. The third-order valence-electron chi connectivity index (χ3n) is 17.8. The molecule has 0 aliphatic carbocycles. The van der Waals surface area contributed by atoms with E-state index in [4.69, 9.17) is 4.74 Å². The predicted octanol–water partition coefficient (Wildman–Crippen LogP) is 24.5. The minimum atomic E-state index is -0.663. The van der Waals surface area contributed by atoms with Crippen LogP contribution in [0.3, 0.4) is 0 Å². The van der Waals surface area contributed by atoms with E-state index in [0.717, 1.165) is 44.9 Å². The first-order valence-corrected chi connectivity index (χ1v) is 37.6. The number of nitrogens with one attached hydrogen (secondary N) is 1. The van der Waals surface area contributed by atoms with E-state index in [1.54, 1.807) is 0 Å². The zero-order chi connectivity index (χ0) is 59.2. The smallest absolute Gasteiger partial charge is 0.305 e. The molecule has 486 valence electrons. The van der Waals surface area contributed by atoms with Crippen LogP contribution in [-0.2, 0) is 14.3 Å². The normalized spacial score (nSPS) is 12.6. The van der Waals surface area contributed by atoms with Crippen molar-refractivity contribution in [3.63, 3.8) is 0 Å². The van der Waals surface area contributed by atoms with Crippen molar-refractivity contribution in [3.8, 4) is 0 Å². The number of amides is 1. The van der Waals surface area contributed by atoms with Crippen LogP contribution in [0.2, 0.25) is 0 Å². The van der Waals surface area contributed by atoms with E-state index < -0.39 is 12.1 Å². The van der Waals surface area contributed by atoms with Gasteiger partial charge < -0.3 is 20.3 Å². The largest absolute Gasteiger partial charge is 0.466 e. The molecule has 0 fully saturated rings. The summed E-state index contributed by atoms with van der Waals surface area (Å²) in [5, 5.41) is 23.4. The average molecular weight is 1160 g/mol. The maximum absolute atomic E-state index is 12.5. The molecule has 0 aromatic carbocycles. The molecule has 2 atom stereocenters. The highest BCUT2D eigenvalue weighted by atomic mass is 16.5. The van der Waals surface area contributed by atoms with E-state index >= 15 is 0 Å². The number of allylic oxidation sites excluding steroid dienone is 4. The number of hydrogen-bond acceptors (Lipinski definition) is 5. The predicted molar refractivity (Wildman–Crippen MR) is 361 cm³/mol. The quantitative estimate of drug-likeness (QED) is 0.0320. The molecule has 0 aromatic heterocycles. The summed E-state index contributed by atoms with van der Waals surface area (Å²) in [6.45, 7) is 4.99. The Morgan fingerprint density at radius 1 is 0.341 bits per heavy atom. The number of ether oxygens (including phenoxy) is 1. The Bertz CT molecular complexity index is 1280. The van der Waals surface area contributed by atoms with Crippen molar-refractivity contribution in [2.75, 3.05) is 13.2 Å². The SMILES string of the molecule is CCCCCCCCCCCCCCCCCCCCC(O)C(CO)NC(=O)CCCCCCCCCCCCCCCCCCC/C=C\C/C=C\CCCCCCCCCCCCCOC(=O)CCCCCCCCCCCCCC. The van der Waals surface area contributed by atoms with Gasteiger partial charge in [-0.1, -0.05) is 378 Å². The van der Waals surface area contributed by atoms with Gasteiger partial charge in [-0.25, -0.2) is 0 Å². The van der Waals surface area contributed by atoms with Gasteiger partial charge in [0.25, 0.3) is 0 Å². The number of esters is 1. The van der Waals surface area contributed by atoms with Crippen molar-refractivity contribution < 1.29 is 24.5 Å². The third-order valence-corrected chi connectivity index (χ3v) is 17.8. The fourth-order valence-electron chi connectivity index (χ4n) is 12.0. The van der Waals surface area contributed by atoms with Crippen molar-refractivity contribution >= 4 is 11.9 Å². The Morgan fingerprint density at radius 3 is 0.927 bits per heavy atom. The van der Waals surface area contributed by atoms with Crippen LogP contribution in [-0.4, -0.2) is 47.4 Å². The molecule has 0 aromatic rings. The lowest BCUT2D eigenvalue weighted by Gasteiger charge is -2.22. The molecule has 0 rings (SSSR count). The second kappa shape index (κ2) is 71.8. The van der Waals surface area contributed by atoms with Gasteiger partial charge in [-0.15, -0.1) is 0 Å². The lowest BCUT2D eigenvalue weighted by Crippen LogP contribution is -2.45. The van der Waals surface area contributed by atoms with Gasteiger partial charge in [0.2, 0.25) is 5.91 Å². The van der Waals surface area contributed by atoms with Crippen molar-refractivity contribution in [2.24, 2.45) is 0 Å². The first-order chi connectivity index (χ1) is 40.5. The molecule has 0 spiro atoms. The van der Waals surface area contributed by atoms with Crippen molar-refractivity contribution in [1.82, 2.24) is 5.32 Å². The van der Waals surface area contributed by atoms with Crippen LogP contribution in [0.25, 0.3) is 0 Å². The van der Waals surface area contributed by atoms with E-state index in [9.17, 15) is 19.8 Å². The molecule has 0 saturated heterocycles. The number of rotatable bonds is 71. The number of carbonyl (C=O) groups excluding carboxylic acids is 2. The minimum absolute atomic E-state index is 0.0182. The van der Waals surface area contributed by atoms with Crippen LogP contribution in [0.15, 0.2) is 24.3 Å². The minimum Gasteiger partial charge on any atom is -0.466 e. The van der Waals surface area contributed by atoms with Gasteiger partial charge in [0.1, 0.15) is 0 Å². The summed E-state index contributed by atoms with van der Waals surface area (Å²) in [7, 11) is 0. The summed E-state index contributed by atoms with van der Waals surface area (Å²) in [6.07, 6.45) is 91.1. The topological polar surface area (TPSA) is 95.9 Å². The van der Waals surface area contributed by atoms with E-state index in [-0.39, 0.29) is 18.5 Å². The second-order valence-corrected chi connectivity index (χ2v) is 26.0. The van der Waals surface area contributed by atoms with Gasteiger partial charge in [0.05, 0.1) is 25.4 Å². The van der Waals surface area contributed by atoms with Crippen molar-refractivity contribution in [1.29, 1.82) is 0 Å². The van der Waals surface area contributed by atoms with Crippen LogP contribution in [0.4, 0.5) is 0 Å². The fourth-order valence-corrected chi connectivity index (χ4v) is 12.0. The molecule has 0 bridgehead atoms. The molecule has 0 radical (unpaired) electrons. The molecule has 0 saturated carbocycles. The van der Waals surface area contributed by atoms with E-state index in [1.165, 1.54) is 347 Å².